The molecule has 0 saturated heterocycles. The molecule has 1 aromatic heterocycles. The molecule has 0 saturated carbocycles. The summed E-state index contributed by atoms with van der Waals surface area (Å²) in [6.45, 7) is 3.78. The number of anilines is 2. The quantitative estimate of drug-likeness (QED) is 0.845. The van der Waals surface area contributed by atoms with Crippen LogP contribution in [0.25, 0.3) is 0 Å². The lowest BCUT2D eigenvalue weighted by Gasteiger charge is -2.14. The summed E-state index contributed by atoms with van der Waals surface area (Å²) in [4.78, 5) is 4.64. The second-order valence-corrected chi connectivity index (χ2v) is 5.27. The zero-order valence-corrected chi connectivity index (χ0v) is 12.6. The smallest absolute Gasteiger partial charge is 0.141 e. The Labute approximate surface area is 127 Å². The summed E-state index contributed by atoms with van der Waals surface area (Å²) in [5.74, 6) is 0.0674. The zero-order chi connectivity index (χ0) is 14.9. The predicted molar refractivity (Wildman–Crippen MR) is 84.3 cm³/mol. The Hall–Kier alpha value is -1.72. The van der Waals surface area contributed by atoms with Gasteiger partial charge in [-0.15, -0.1) is 0 Å². The molecule has 2 aromatic rings. The van der Waals surface area contributed by atoms with E-state index in [2.05, 4.69) is 10.3 Å². The Morgan fingerprint density at radius 2 is 2.05 bits per heavy atom. The highest BCUT2D eigenvalue weighted by Crippen LogP contribution is 2.25. The van der Waals surface area contributed by atoms with Gasteiger partial charge in [-0.05, 0) is 43.7 Å². The Morgan fingerprint density at radius 1 is 1.35 bits per heavy atom. The Kier molecular flexibility index (Phi) is 4.20. The molecular formula is C14H13ClFN3S. The van der Waals surface area contributed by atoms with Crippen molar-refractivity contribution < 1.29 is 4.39 Å². The molecule has 3 nitrogen and oxygen atoms in total. The normalized spacial score (nSPS) is 10.4. The van der Waals surface area contributed by atoms with Gasteiger partial charge in [-0.25, -0.2) is 9.37 Å². The first-order valence-corrected chi connectivity index (χ1v) is 6.67. The van der Waals surface area contributed by atoms with Crippen molar-refractivity contribution in [3.8, 4) is 0 Å². The lowest BCUT2D eigenvalue weighted by atomic mass is 10.1. The van der Waals surface area contributed by atoms with Crippen LogP contribution >= 0.6 is 23.8 Å². The Bertz CT molecular complexity index is 688. The number of pyridine rings is 1. The van der Waals surface area contributed by atoms with Crippen LogP contribution in [0.5, 0.6) is 0 Å². The van der Waals surface area contributed by atoms with Crippen molar-refractivity contribution in [2.24, 2.45) is 5.73 Å². The van der Waals surface area contributed by atoms with Crippen molar-refractivity contribution in [3.05, 3.63) is 51.9 Å². The number of halogens is 2. The molecular weight excluding hydrogens is 297 g/mol. The van der Waals surface area contributed by atoms with E-state index in [1.54, 1.807) is 6.07 Å². The molecule has 2 rings (SSSR count). The number of nitrogens with zero attached hydrogens (tertiary/aromatic N) is 1. The number of nitrogens with two attached hydrogens (primary N) is 1. The number of rotatable bonds is 3. The van der Waals surface area contributed by atoms with Crippen molar-refractivity contribution in [3.63, 3.8) is 0 Å². The van der Waals surface area contributed by atoms with E-state index >= 15 is 0 Å². The van der Waals surface area contributed by atoms with E-state index in [0.717, 1.165) is 11.3 Å². The average molecular weight is 310 g/mol. The molecule has 0 atom stereocenters. The van der Waals surface area contributed by atoms with Gasteiger partial charge in [0.25, 0.3) is 0 Å². The van der Waals surface area contributed by atoms with E-state index in [9.17, 15) is 4.39 Å². The number of hydrogen-bond donors (Lipinski definition) is 2. The van der Waals surface area contributed by atoms with Crippen LogP contribution < -0.4 is 11.1 Å². The zero-order valence-electron chi connectivity index (χ0n) is 11.0. The minimum Gasteiger partial charge on any atom is -0.389 e. The number of benzene rings is 1. The summed E-state index contributed by atoms with van der Waals surface area (Å²) >= 11 is 10.8. The molecule has 0 aliphatic rings. The van der Waals surface area contributed by atoms with Crippen LogP contribution in [-0.4, -0.2) is 9.97 Å². The third-order valence-corrected chi connectivity index (χ3v) is 3.27. The molecule has 1 aromatic carbocycles. The number of thiocarbonyl (C=S) groups is 1. The van der Waals surface area contributed by atoms with Gasteiger partial charge in [0, 0.05) is 11.4 Å². The Morgan fingerprint density at radius 3 is 2.65 bits per heavy atom. The summed E-state index contributed by atoms with van der Waals surface area (Å²) < 4.78 is 13.2. The molecule has 6 heteroatoms. The van der Waals surface area contributed by atoms with E-state index in [1.165, 1.54) is 12.1 Å². The summed E-state index contributed by atoms with van der Waals surface area (Å²) in [5.41, 5.74) is 8.79. The van der Waals surface area contributed by atoms with Crippen LogP contribution in [0.15, 0.2) is 24.3 Å². The van der Waals surface area contributed by atoms with Crippen LogP contribution in [0.1, 0.15) is 16.8 Å². The van der Waals surface area contributed by atoms with E-state index in [-0.39, 0.29) is 10.0 Å². The molecule has 0 radical (unpaired) electrons. The summed E-state index contributed by atoms with van der Waals surface area (Å²) in [6.07, 6.45) is 0. The van der Waals surface area contributed by atoms with Gasteiger partial charge in [-0.3, -0.25) is 0 Å². The molecule has 0 aliphatic carbocycles. The van der Waals surface area contributed by atoms with Crippen molar-refractivity contribution in [2.45, 2.75) is 13.8 Å². The molecule has 20 heavy (non-hydrogen) atoms. The standard InChI is InChI=1S/C14H13ClFN3S/c1-7-5-8(2)18-14(12(7)13(17)20)19-9-3-4-11(16)10(15)6-9/h3-6H,1-2H3,(H2,17,20)(H,18,19). The van der Waals surface area contributed by atoms with Crippen molar-refractivity contribution in [1.82, 2.24) is 4.98 Å². The fourth-order valence-electron chi connectivity index (χ4n) is 1.95. The number of hydrogen-bond acceptors (Lipinski definition) is 3. The summed E-state index contributed by atoms with van der Waals surface area (Å²) in [7, 11) is 0. The number of aromatic nitrogens is 1. The summed E-state index contributed by atoms with van der Waals surface area (Å²) in [5, 5.41) is 3.11. The van der Waals surface area contributed by atoms with Crippen LogP contribution in [-0.2, 0) is 0 Å². The first kappa shape index (κ1) is 14.7. The van der Waals surface area contributed by atoms with Gasteiger partial charge in [0.05, 0.1) is 10.6 Å². The second kappa shape index (κ2) is 5.73. The minimum atomic E-state index is -0.472. The maximum atomic E-state index is 13.2. The first-order valence-electron chi connectivity index (χ1n) is 5.88. The molecule has 0 bridgehead atoms. The van der Waals surface area contributed by atoms with Crippen LogP contribution in [0.3, 0.4) is 0 Å². The molecule has 0 unspecified atom stereocenters. The SMILES string of the molecule is Cc1cc(C)c(C(N)=S)c(Nc2ccc(F)c(Cl)c2)n1. The minimum absolute atomic E-state index is 0.0382. The van der Waals surface area contributed by atoms with Gasteiger partial charge in [0.15, 0.2) is 0 Å². The van der Waals surface area contributed by atoms with Crippen LogP contribution in [0.4, 0.5) is 15.9 Å². The van der Waals surface area contributed by atoms with Gasteiger partial charge in [0.1, 0.15) is 16.6 Å². The van der Waals surface area contributed by atoms with Crippen LogP contribution in [0, 0.1) is 19.7 Å². The maximum Gasteiger partial charge on any atom is 0.141 e. The molecule has 0 aliphatic heterocycles. The van der Waals surface area contributed by atoms with E-state index in [1.807, 2.05) is 19.9 Å². The largest absolute Gasteiger partial charge is 0.389 e. The topological polar surface area (TPSA) is 50.9 Å². The molecule has 0 amide bonds. The highest BCUT2D eigenvalue weighted by molar-refractivity contribution is 7.80. The fraction of sp³-hybridized carbons (Fsp3) is 0.143. The van der Waals surface area contributed by atoms with E-state index < -0.39 is 5.82 Å². The third kappa shape index (κ3) is 3.05. The van der Waals surface area contributed by atoms with Gasteiger partial charge < -0.3 is 11.1 Å². The maximum absolute atomic E-state index is 13.2. The van der Waals surface area contributed by atoms with E-state index in [0.29, 0.717) is 17.1 Å². The Balaban J connectivity index is 2.47. The molecule has 3 N–H and O–H groups in total. The fourth-order valence-corrected chi connectivity index (χ4v) is 2.39. The predicted octanol–water partition coefficient (Wildman–Crippen LogP) is 3.87. The average Bonchev–Trinajstić information content (AvgIpc) is 2.32. The van der Waals surface area contributed by atoms with Crippen LogP contribution in [0.2, 0.25) is 5.02 Å². The lowest BCUT2D eigenvalue weighted by Crippen LogP contribution is -2.15. The number of nitrogens with one attached hydrogen (secondary N) is 1. The van der Waals surface area contributed by atoms with Gasteiger partial charge >= 0.3 is 0 Å². The highest BCUT2D eigenvalue weighted by Gasteiger charge is 2.12. The lowest BCUT2D eigenvalue weighted by molar-refractivity contribution is 0.628. The number of aryl methyl sites for hydroxylation is 2. The van der Waals surface area contributed by atoms with Crippen molar-refractivity contribution >= 4 is 40.3 Å². The summed E-state index contributed by atoms with van der Waals surface area (Å²) in [6, 6.07) is 6.24. The molecule has 0 spiro atoms. The monoisotopic (exact) mass is 309 g/mol. The van der Waals surface area contributed by atoms with Gasteiger partial charge in [0.2, 0.25) is 0 Å². The van der Waals surface area contributed by atoms with E-state index in [4.69, 9.17) is 29.6 Å². The molecule has 104 valence electrons. The van der Waals surface area contributed by atoms with Crippen molar-refractivity contribution in [2.75, 3.05) is 5.32 Å². The molecule has 0 fully saturated rings. The first-order chi connectivity index (χ1) is 9.38. The third-order valence-electron chi connectivity index (χ3n) is 2.77. The van der Waals surface area contributed by atoms with Gasteiger partial charge in [-0.1, -0.05) is 23.8 Å². The van der Waals surface area contributed by atoms with Gasteiger partial charge in [-0.2, -0.15) is 0 Å². The molecule has 1 heterocycles. The highest BCUT2D eigenvalue weighted by atomic mass is 35.5. The van der Waals surface area contributed by atoms with Crippen molar-refractivity contribution in [1.29, 1.82) is 0 Å². The second-order valence-electron chi connectivity index (χ2n) is 4.42.